The first-order chi connectivity index (χ1) is 15.0. The highest BCUT2D eigenvalue weighted by molar-refractivity contribution is 6.45. The molecule has 3 aliphatic heterocycles. The van der Waals surface area contributed by atoms with Gasteiger partial charge < -0.3 is 14.6 Å². The molecule has 1 aromatic carbocycles. The molecule has 170 valence electrons. The molecule has 0 aromatic heterocycles. The molecule has 0 radical (unpaired) electrons. The Kier molecular flexibility index (Phi) is 4.87. The monoisotopic (exact) mass is 476 g/mol. The van der Waals surface area contributed by atoms with Gasteiger partial charge in [-0.1, -0.05) is 17.7 Å². The van der Waals surface area contributed by atoms with E-state index in [1.165, 1.54) is 0 Å². The number of phenolic OH excluding ortho intramolecular Hbond substituents is 1. The number of allylic oxidation sites excluding steroid dienone is 2. The minimum Gasteiger partial charge on any atom is -0.507 e. The van der Waals surface area contributed by atoms with Crippen LogP contribution in [0.1, 0.15) is 72.7 Å². The number of fused-ring (bicyclic) bond motifs is 1. The van der Waals surface area contributed by atoms with Crippen LogP contribution in [0.2, 0.25) is 0 Å². The summed E-state index contributed by atoms with van der Waals surface area (Å²) in [4.78, 5) is 26.3. The number of hydrogen-bond donors (Lipinski definition) is 1. The van der Waals surface area contributed by atoms with Gasteiger partial charge in [0, 0.05) is 24.0 Å². The Balaban J connectivity index is 1.83. The lowest BCUT2D eigenvalue weighted by Crippen LogP contribution is -2.72. The Morgan fingerprint density at radius 3 is 2.69 bits per heavy atom. The average molecular weight is 477 g/mol. The van der Waals surface area contributed by atoms with Crippen molar-refractivity contribution in [2.45, 2.75) is 74.3 Å². The second-order valence-corrected chi connectivity index (χ2v) is 11.1. The first kappa shape index (κ1) is 22.0. The number of rotatable bonds is 0. The SMILES string of the molecule is C/C1=C/C[C@@]23OC(C)(C)[C@H](Cl)C[C@]2(Cl)C(=O)c2c(cc4c(c2O)C/C(=C/CC1)CO4)C3=O. The van der Waals surface area contributed by atoms with Gasteiger partial charge in [0.15, 0.2) is 17.2 Å². The summed E-state index contributed by atoms with van der Waals surface area (Å²) in [6, 6.07) is 1.57. The molecule has 3 atom stereocenters. The molecule has 0 unspecified atom stereocenters. The van der Waals surface area contributed by atoms with E-state index in [1.54, 1.807) is 6.07 Å². The molecule has 1 saturated heterocycles. The van der Waals surface area contributed by atoms with Crippen LogP contribution in [0.3, 0.4) is 0 Å². The van der Waals surface area contributed by atoms with Gasteiger partial charge in [0.05, 0.1) is 16.5 Å². The van der Waals surface area contributed by atoms with Gasteiger partial charge in [-0.15, -0.1) is 23.2 Å². The van der Waals surface area contributed by atoms with Gasteiger partial charge in [-0.2, -0.15) is 0 Å². The molecule has 5 nitrogen and oxygen atoms in total. The quantitative estimate of drug-likeness (QED) is 0.406. The van der Waals surface area contributed by atoms with E-state index in [-0.39, 0.29) is 29.7 Å². The Morgan fingerprint density at radius 1 is 1.19 bits per heavy atom. The standard InChI is InChI=1S/C25H26Cl2O5/c1-13-5-4-6-14-9-15-17(31-12-14)10-16-19(20(15)28)22(30)24(27)11-18(26)23(2,3)32-25(24,8-7-13)21(16)29/h6-7,10,18,28H,4-5,8-9,11-12H2,1-3H3/b13-7-,14-6-/t18-,24+,25+/m1/s1. The van der Waals surface area contributed by atoms with E-state index in [4.69, 9.17) is 32.7 Å². The highest BCUT2D eigenvalue weighted by Gasteiger charge is 2.70. The molecule has 1 fully saturated rings. The van der Waals surface area contributed by atoms with E-state index in [0.29, 0.717) is 24.3 Å². The molecule has 0 saturated carbocycles. The van der Waals surface area contributed by atoms with Crippen molar-refractivity contribution in [3.63, 3.8) is 0 Å². The molecular formula is C25H26Cl2O5. The number of benzene rings is 1. The fourth-order valence-electron chi connectivity index (χ4n) is 5.36. The molecule has 1 aromatic rings. The van der Waals surface area contributed by atoms with Gasteiger partial charge in [-0.05, 0) is 51.7 Å². The van der Waals surface area contributed by atoms with Crippen LogP contribution in [-0.2, 0) is 11.2 Å². The van der Waals surface area contributed by atoms with Gasteiger partial charge in [0.25, 0.3) is 0 Å². The second kappa shape index (κ2) is 7.09. The van der Waals surface area contributed by atoms with E-state index in [0.717, 1.165) is 24.0 Å². The Bertz CT molecular complexity index is 1120. The van der Waals surface area contributed by atoms with E-state index in [1.807, 2.05) is 26.8 Å². The van der Waals surface area contributed by atoms with Crippen molar-refractivity contribution < 1.29 is 24.2 Å². The Labute approximate surface area is 197 Å². The van der Waals surface area contributed by atoms with E-state index < -0.39 is 33.0 Å². The highest BCUT2D eigenvalue weighted by atomic mass is 35.5. The summed E-state index contributed by atoms with van der Waals surface area (Å²) >= 11 is 13.7. The van der Waals surface area contributed by atoms with Crippen LogP contribution in [0, 0.1) is 0 Å². The van der Waals surface area contributed by atoms with E-state index in [9.17, 15) is 14.7 Å². The number of carbonyl (C=O) groups is 2. The van der Waals surface area contributed by atoms with Crippen LogP contribution < -0.4 is 4.74 Å². The smallest absolute Gasteiger partial charge is 0.198 e. The number of halogens is 2. The zero-order chi connectivity index (χ0) is 23.1. The lowest BCUT2D eigenvalue weighted by atomic mass is 9.63. The van der Waals surface area contributed by atoms with Crippen molar-refractivity contribution in [1.82, 2.24) is 0 Å². The second-order valence-electron chi connectivity index (χ2n) is 9.91. The largest absolute Gasteiger partial charge is 0.507 e. The molecule has 1 spiro atoms. The third-order valence-corrected chi connectivity index (χ3v) is 8.69. The van der Waals surface area contributed by atoms with Crippen molar-refractivity contribution in [3.8, 4) is 11.5 Å². The first-order valence-corrected chi connectivity index (χ1v) is 11.8. The first-order valence-electron chi connectivity index (χ1n) is 11.0. The molecule has 0 amide bonds. The minimum atomic E-state index is -1.72. The van der Waals surface area contributed by atoms with Gasteiger partial charge in [-0.25, -0.2) is 0 Å². The van der Waals surface area contributed by atoms with Gasteiger partial charge in [0.1, 0.15) is 23.0 Å². The number of alkyl halides is 2. The number of ether oxygens (including phenoxy) is 2. The molecule has 7 aliphatic rings. The van der Waals surface area contributed by atoms with Crippen LogP contribution in [0.5, 0.6) is 11.5 Å². The number of phenols is 1. The van der Waals surface area contributed by atoms with E-state index in [2.05, 4.69) is 6.08 Å². The molecule has 4 aliphatic carbocycles. The normalized spacial score (nSPS) is 36.6. The maximum absolute atomic E-state index is 14.1. The van der Waals surface area contributed by atoms with Gasteiger partial charge in [0.2, 0.25) is 0 Å². The highest BCUT2D eigenvalue weighted by Crippen LogP contribution is 2.57. The molecular weight excluding hydrogens is 451 g/mol. The molecule has 7 heteroatoms. The third-order valence-electron chi connectivity index (χ3n) is 7.38. The molecule has 8 rings (SSSR count). The Morgan fingerprint density at radius 2 is 1.94 bits per heavy atom. The third kappa shape index (κ3) is 2.87. The maximum Gasteiger partial charge on any atom is 0.198 e. The number of hydrogen-bond acceptors (Lipinski definition) is 5. The zero-order valence-electron chi connectivity index (χ0n) is 18.4. The average Bonchev–Trinajstić information content (AvgIpc) is 2.73. The van der Waals surface area contributed by atoms with Crippen LogP contribution >= 0.6 is 23.2 Å². The predicted molar refractivity (Wildman–Crippen MR) is 122 cm³/mol. The predicted octanol–water partition coefficient (Wildman–Crippen LogP) is 5.29. The molecule has 3 heterocycles. The molecule has 32 heavy (non-hydrogen) atoms. The number of Topliss-reactive ketones (excluding diaryl/α,β-unsaturated/α-hetero) is 2. The van der Waals surface area contributed by atoms with Gasteiger partial charge in [-0.3, -0.25) is 9.59 Å². The zero-order valence-corrected chi connectivity index (χ0v) is 19.9. The maximum atomic E-state index is 14.1. The van der Waals surface area contributed by atoms with Crippen molar-refractivity contribution in [3.05, 3.63) is 46.1 Å². The molecule has 1 N–H and O–H groups in total. The van der Waals surface area contributed by atoms with Crippen molar-refractivity contribution in [1.29, 1.82) is 0 Å². The summed E-state index contributed by atoms with van der Waals surface area (Å²) in [5, 5.41) is 10.6. The lowest BCUT2D eigenvalue weighted by molar-refractivity contribution is -0.157. The fourth-order valence-corrected chi connectivity index (χ4v) is 6.17. The summed E-state index contributed by atoms with van der Waals surface area (Å²) in [5.74, 6) is -0.738. The number of ketones is 2. The number of carbonyl (C=O) groups excluding carboxylic acids is 2. The topological polar surface area (TPSA) is 72.8 Å². The summed E-state index contributed by atoms with van der Waals surface area (Å²) < 4.78 is 12.3. The Hall–Kier alpha value is -1.82. The van der Waals surface area contributed by atoms with E-state index >= 15 is 0 Å². The summed E-state index contributed by atoms with van der Waals surface area (Å²) in [6.45, 7) is 6.01. The minimum absolute atomic E-state index is 0.0471. The summed E-state index contributed by atoms with van der Waals surface area (Å²) in [7, 11) is 0. The number of aromatic hydroxyl groups is 1. The van der Waals surface area contributed by atoms with Crippen LogP contribution in [0.4, 0.5) is 0 Å². The van der Waals surface area contributed by atoms with Crippen LogP contribution in [0.15, 0.2) is 29.4 Å². The van der Waals surface area contributed by atoms with Crippen molar-refractivity contribution in [2.75, 3.05) is 6.61 Å². The van der Waals surface area contributed by atoms with Gasteiger partial charge >= 0.3 is 0 Å². The summed E-state index contributed by atoms with van der Waals surface area (Å²) in [5.41, 5.74) is 0.169. The van der Waals surface area contributed by atoms with Crippen molar-refractivity contribution in [2.24, 2.45) is 0 Å². The summed E-state index contributed by atoms with van der Waals surface area (Å²) in [6.07, 6.45) is 6.34. The van der Waals surface area contributed by atoms with Crippen LogP contribution in [-0.4, -0.2) is 44.7 Å². The molecule has 6 bridgehead atoms. The van der Waals surface area contributed by atoms with Crippen LogP contribution in [0.25, 0.3) is 0 Å². The lowest BCUT2D eigenvalue weighted by Gasteiger charge is -2.56. The van der Waals surface area contributed by atoms with Crippen molar-refractivity contribution >= 4 is 34.8 Å². The fraction of sp³-hybridized carbons (Fsp3) is 0.520.